The van der Waals surface area contributed by atoms with E-state index in [9.17, 15) is 4.79 Å². The van der Waals surface area contributed by atoms with Crippen molar-refractivity contribution in [3.05, 3.63) is 0 Å². The quantitative estimate of drug-likeness (QED) is 0.716. The number of hydrogen-bond acceptors (Lipinski definition) is 3. The summed E-state index contributed by atoms with van der Waals surface area (Å²) in [7, 11) is 0. The first-order chi connectivity index (χ1) is 5.68. The summed E-state index contributed by atoms with van der Waals surface area (Å²) in [6.07, 6.45) is 1.72. The van der Waals surface area contributed by atoms with E-state index in [0.29, 0.717) is 19.8 Å². The smallest absolute Gasteiger partial charge is 0.303 e. The van der Waals surface area contributed by atoms with Gasteiger partial charge in [-0.15, -0.1) is 12.4 Å². The van der Waals surface area contributed by atoms with Crippen molar-refractivity contribution in [3.8, 4) is 0 Å². The molecule has 0 saturated carbocycles. The Hall–Kier alpha value is -0.320. The summed E-state index contributed by atoms with van der Waals surface area (Å²) in [6.45, 7) is 1.73. The number of carboxylic acid groups (broad SMARTS) is 1. The molecule has 4 nitrogen and oxygen atoms in total. The summed E-state index contributed by atoms with van der Waals surface area (Å²) in [6, 6.07) is 0. The van der Waals surface area contributed by atoms with E-state index in [1.54, 1.807) is 0 Å². The molecule has 13 heavy (non-hydrogen) atoms. The highest BCUT2D eigenvalue weighted by Crippen LogP contribution is 2.32. The highest BCUT2D eigenvalue weighted by molar-refractivity contribution is 5.85. The highest BCUT2D eigenvalue weighted by Gasteiger charge is 2.33. The second-order valence-corrected chi connectivity index (χ2v) is 3.39. The number of aliphatic carboxylic acids is 1. The van der Waals surface area contributed by atoms with Crippen molar-refractivity contribution in [1.29, 1.82) is 0 Å². The van der Waals surface area contributed by atoms with Crippen LogP contribution in [0.5, 0.6) is 0 Å². The maximum Gasteiger partial charge on any atom is 0.303 e. The zero-order valence-electron chi connectivity index (χ0n) is 7.49. The molecule has 0 amide bonds. The second kappa shape index (κ2) is 5.42. The van der Waals surface area contributed by atoms with Gasteiger partial charge < -0.3 is 15.6 Å². The minimum atomic E-state index is -0.762. The summed E-state index contributed by atoms with van der Waals surface area (Å²) in [4.78, 5) is 10.5. The first-order valence-corrected chi connectivity index (χ1v) is 4.18. The minimum Gasteiger partial charge on any atom is -0.481 e. The zero-order valence-corrected chi connectivity index (χ0v) is 8.31. The molecule has 78 valence electrons. The van der Waals surface area contributed by atoms with Crippen molar-refractivity contribution >= 4 is 18.4 Å². The number of rotatable bonds is 3. The highest BCUT2D eigenvalue weighted by atomic mass is 35.5. The summed E-state index contributed by atoms with van der Waals surface area (Å²) < 4.78 is 5.16. The van der Waals surface area contributed by atoms with Gasteiger partial charge in [0.25, 0.3) is 0 Å². The Labute approximate surface area is 83.9 Å². The van der Waals surface area contributed by atoms with Crippen LogP contribution >= 0.6 is 12.4 Å². The Morgan fingerprint density at radius 3 is 2.38 bits per heavy atom. The number of carbonyl (C=O) groups is 1. The fourth-order valence-corrected chi connectivity index (χ4v) is 1.58. The molecule has 1 aliphatic rings. The SMILES string of the molecule is Cl.NCC1(CC(=O)O)CCOCC1. The van der Waals surface area contributed by atoms with Gasteiger partial charge in [-0.25, -0.2) is 0 Å². The lowest BCUT2D eigenvalue weighted by molar-refractivity contribution is -0.141. The third-order valence-corrected chi connectivity index (χ3v) is 2.51. The molecule has 3 N–H and O–H groups in total. The number of halogens is 1. The molecule has 0 bridgehead atoms. The number of hydrogen-bond donors (Lipinski definition) is 2. The predicted molar refractivity (Wildman–Crippen MR) is 51.0 cm³/mol. The maximum atomic E-state index is 10.5. The predicted octanol–water partition coefficient (Wildman–Crippen LogP) is 0.638. The van der Waals surface area contributed by atoms with E-state index in [1.807, 2.05) is 0 Å². The molecule has 1 heterocycles. The summed E-state index contributed by atoms with van der Waals surface area (Å²) in [5.41, 5.74) is 5.36. The van der Waals surface area contributed by atoms with Crippen molar-refractivity contribution in [3.63, 3.8) is 0 Å². The molecule has 0 aromatic heterocycles. The molecule has 0 spiro atoms. The monoisotopic (exact) mass is 209 g/mol. The van der Waals surface area contributed by atoms with Crippen molar-refractivity contribution < 1.29 is 14.6 Å². The van der Waals surface area contributed by atoms with Crippen molar-refractivity contribution in [2.45, 2.75) is 19.3 Å². The van der Waals surface area contributed by atoms with Gasteiger partial charge in [0.05, 0.1) is 6.42 Å². The third kappa shape index (κ3) is 3.50. The van der Waals surface area contributed by atoms with Gasteiger partial charge in [0, 0.05) is 13.2 Å². The van der Waals surface area contributed by atoms with Gasteiger partial charge >= 0.3 is 5.97 Å². The van der Waals surface area contributed by atoms with Crippen LogP contribution in [0.4, 0.5) is 0 Å². The van der Waals surface area contributed by atoms with Crippen LogP contribution in [-0.2, 0) is 9.53 Å². The average Bonchev–Trinajstić information content (AvgIpc) is 2.05. The van der Waals surface area contributed by atoms with Crippen molar-refractivity contribution in [2.24, 2.45) is 11.1 Å². The second-order valence-electron chi connectivity index (χ2n) is 3.39. The Morgan fingerprint density at radius 1 is 1.46 bits per heavy atom. The molecule has 0 aromatic rings. The Kier molecular flexibility index (Phi) is 5.29. The fraction of sp³-hybridized carbons (Fsp3) is 0.875. The van der Waals surface area contributed by atoms with Crippen LogP contribution in [0.1, 0.15) is 19.3 Å². The maximum absolute atomic E-state index is 10.5. The summed E-state index contributed by atoms with van der Waals surface area (Å²) >= 11 is 0. The summed E-state index contributed by atoms with van der Waals surface area (Å²) in [5, 5.41) is 8.67. The molecular weight excluding hydrogens is 194 g/mol. The van der Waals surface area contributed by atoms with Gasteiger partial charge in [-0.1, -0.05) is 0 Å². The van der Waals surface area contributed by atoms with Gasteiger partial charge in [-0.2, -0.15) is 0 Å². The summed E-state index contributed by atoms with van der Waals surface area (Å²) in [5.74, 6) is -0.762. The standard InChI is InChI=1S/C8H15NO3.ClH/c9-6-8(5-7(10)11)1-3-12-4-2-8;/h1-6,9H2,(H,10,11);1H. The lowest BCUT2D eigenvalue weighted by Gasteiger charge is -2.34. The Bertz CT molecular complexity index is 169. The molecule has 1 fully saturated rings. The minimum absolute atomic E-state index is 0. The van der Waals surface area contributed by atoms with Crippen LogP contribution in [0, 0.1) is 5.41 Å². The number of carboxylic acids is 1. The van der Waals surface area contributed by atoms with Gasteiger partial charge in [0.2, 0.25) is 0 Å². The molecule has 1 rings (SSSR count). The lowest BCUT2D eigenvalue weighted by Crippen LogP contribution is -2.38. The van der Waals surface area contributed by atoms with Crippen LogP contribution < -0.4 is 5.73 Å². The van der Waals surface area contributed by atoms with Crippen LogP contribution in [-0.4, -0.2) is 30.8 Å². The fourth-order valence-electron chi connectivity index (χ4n) is 1.58. The normalized spacial score (nSPS) is 20.4. The largest absolute Gasteiger partial charge is 0.481 e. The van der Waals surface area contributed by atoms with E-state index in [4.69, 9.17) is 15.6 Å². The first-order valence-electron chi connectivity index (χ1n) is 4.18. The first kappa shape index (κ1) is 12.7. The van der Waals surface area contributed by atoms with Crippen molar-refractivity contribution in [2.75, 3.05) is 19.8 Å². The van der Waals surface area contributed by atoms with E-state index in [0.717, 1.165) is 12.8 Å². The molecule has 1 aliphatic heterocycles. The topological polar surface area (TPSA) is 72.6 Å². The van der Waals surface area contributed by atoms with Crippen LogP contribution in [0.2, 0.25) is 0 Å². The molecule has 0 aromatic carbocycles. The molecule has 0 aliphatic carbocycles. The van der Waals surface area contributed by atoms with E-state index in [1.165, 1.54) is 0 Å². The lowest BCUT2D eigenvalue weighted by atomic mass is 9.77. The molecule has 0 atom stereocenters. The van der Waals surface area contributed by atoms with E-state index < -0.39 is 5.97 Å². The molecule has 1 saturated heterocycles. The molecule has 0 unspecified atom stereocenters. The number of ether oxygens (including phenoxy) is 1. The van der Waals surface area contributed by atoms with E-state index in [2.05, 4.69) is 0 Å². The van der Waals surface area contributed by atoms with E-state index in [-0.39, 0.29) is 24.2 Å². The van der Waals surface area contributed by atoms with Crippen LogP contribution in [0.25, 0.3) is 0 Å². The number of nitrogens with two attached hydrogens (primary N) is 1. The van der Waals surface area contributed by atoms with E-state index >= 15 is 0 Å². The third-order valence-electron chi connectivity index (χ3n) is 2.51. The molecule has 5 heteroatoms. The van der Waals surface area contributed by atoms with Crippen LogP contribution in [0.3, 0.4) is 0 Å². The van der Waals surface area contributed by atoms with Crippen LogP contribution in [0.15, 0.2) is 0 Å². The van der Waals surface area contributed by atoms with Gasteiger partial charge in [-0.3, -0.25) is 4.79 Å². The molecule has 0 radical (unpaired) electrons. The Balaban J connectivity index is 0.00000144. The average molecular weight is 210 g/mol. The zero-order chi connectivity index (χ0) is 9.03. The van der Waals surface area contributed by atoms with Crippen molar-refractivity contribution in [1.82, 2.24) is 0 Å². The Morgan fingerprint density at radius 2 is 2.00 bits per heavy atom. The van der Waals surface area contributed by atoms with Gasteiger partial charge in [-0.05, 0) is 24.8 Å². The van der Waals surface area contributed by atoms with Gasteiger partial charge in [0.1, 0.15) is 0 Å². The molecular formula is C8H16ClNO3. The van der Waals surface area contributed by atoms with Gasteiger partial charge in [0.15, 0.2) is 0 Å².